The van der Waals surface area contributed by atoms with E-state index in [-0.39, 0.29) is 12.2 Å². The highest BCUT2D eigenvalue weighted by Gasteiger charge is 2.60. The van der Waals surface area contributed by atoms with Crippen LogP contribution in [-0.2, 0) is 28.5 Å². The van der Waals surface area contributed by atoms with Crippen molar-refractivity contribution in [3.63, 3.8) is 0 Å². The first-order valence-corrected chi connectivity index (χ1v) is 6.13. The summed E-state index contributed by atoms with van der Waals surface area (Å²) in [7, 11) is 0. The van der Waals surface area contributed by atoms with Crippen molar-refractivity contribution in [3.05, 3.63) is 0 Å². The van der Waals surface area contributed by atoms with Gasteiger partial charge >= 0.3 is 0 Å². The lowest BCUT2D eigenvalue weighted by Gasteiger charge is -2.34. The molecule has 0 saturated carbocycles. The Hall–Kier alpha value is -0.530. The Labute approximate surface area is 105 Å². The molecule has 6 nitrogen and oxygen atoms in total. The molecule has 0 radical (unpaired) electrons. The summed E-state index contributed by atoms with van der Waals surface area (Å²) < 4.78 is 28.5. The van der Waals surface area contributed by atoms with E-state index in [1.54, 1.807) is 13.8 Å². The highest BCUT2D eigenvalue weighted by Crippen LogP contribution is 2.43. The fourth-order valence-corrected chi connectivity index (χ4v) is 2.75. The van der Waals surface area contributed by atoms with Crippen molar-refractivity contribution in [2.45, 2.75) is 70.0 Å². The lowest BCUT2D eigenvalue weighted by Crippen LogP contribution is -2.55. The second kappa shape index (κ2) is 3.74. The van der Waals surface area contributed by atoms with Gasteiger partial charge in [0.2, 0.25) is 0 Å². The number of carbonyl (C=O) groups excluding carboxylic acids is 1. The average molecular weight is 258 g/mol. The summed E-state index contributed by atoms with van der Waals surface area (Å²) in [5.41, 5.74) is 0. The molecule has 0 aromatic heterocycles. The van der Waals surface area contributed by atoms with Crippen molar-refractivity contribution in [1.29, 1.82) is 0 Å². The SMILES string of the molecule is CC1(C)O[C@H]2OC(C=O)[C@H]3OC(C)(C)O[C@H]3[C@H]2O1. The fourth-order valence-electron chi connectivity index (χ4n) is 2.75. The topological polar surface area (TPSA) is 63.2 Å². The maximum Gasteiger partial charge on any atom is 0.190 e. The first-order chi connectivity index (χ1) is 8.31. The van der Waals surface area contributed by atoms with Crippen molar-refractivity contribution in [2.75, 3.05) is 0 Å². The number of carbonyl (C=O) groups is 1. The van der Waals surface area contributed by atoms with Gasteiger partial charge in [-0.3, -0.25) is 0 Å². The molecule has 102 valence electrons. The Morgan fingerprint density at radius 3 is 2.06 bits per heavy atom. The number of rotatable bonds is 1. The van der Waals surface area contributed by atoms with Gasteiger partial charge in [0.1, 0.15) is 24.4 Å². The summed E-state index contributed by atoms with van der Waals surface area (Å²) in [6, 6.07) is 0. The summed E-state index contributed by atoms with van der Waals surface area (Å²) in [5, 5.41) is 0. The molecule has 0 aliphatic carbocycles. The third-order valence-corrected chi connectivity index (χ3v) is 3.32. The minimum absolute atomic E-state index is 0.351. The van der Waals surface area contributed by atoms with Crippen LogP contribution in [0.1, 0.15) is 27.7 Å². The van der Waals surface area contributed by atoms with Crippen molar-refractivity contribution in [3.8, 4) is 0 Å². The van der Waals surface area contributed by atoms with Gasteiger partial charge in [-0.2, -0.15) is 0 Å². The molecule has 6 heteroatoms. The average Bonchev–Trinajstić information content (AvgIpc) is 2.71. The smallest absolute Gasteiger partial charge is 0.190 e. The molecular weight excluding hydrogens is 240 g/mol. The summed E-state index contributed by atoms with van der Waals surface area (Å²) in [5.74, 6) is -1.49. The number of hydrogen-bond donors (Lipinski definition) is 0. The number of fused-ring (bicyclic) bond motifs is 3. The highest BCUT2D eigenvalue weighted by molar-refractivity contribution is 5.58. The molecule has 18 heavy (non-hydrogen) atoms. The molecular formula is C12H18O6. The van der Waals surface area contributed by atoms with E-state index in [1.807, 2.05) is 13.8 Å². The Morgan fingerprint density at radius 1 is 0.833 bits per heavy atom. The van der Waals surface area contributed by atoms with Crippen molar-refractivity contribution < 1.29 is 28.5 Å². The zero-order valence-corrected chi connectivity index (χ0v) is 10.9. The molecule has 1 unspecified atom stereocenters. The number of hydrogen-bond acceptors (Lipinski definition) is 6. The molecule has 3 heterocycles. The lowest BCUT2D eigenvalue weighted by molar-refractivity contribution is -0.226. The third-order valence-electron chi connectivity index (χ3n) is 3.32. The van der Waals surface area contributed by atoms with Crippen LogP contribution in [0.2, 0.25) is 0 Å². The van der Waals surface area contributed by atoms with Crippen molar-refractivity contribution in [2.24, 2.45) is 0 Å². The predicted molar refractivity (Wildman–Crippen MR) is 58.6 cm³/mol. The van der Waals surface area contributed by atoms with Crippen molar-refractivity contribution >= 4 is 6.29 Å². The standard InChI is InChI=1S/C12H18O6/c1-11(2)15-7-6(5-13)14-10-9(8(7)16-11)17-12(3,4)18-10/h5-10H,1-4H3/t6?,7-,8-,9-,10-/m1/s1. The third kappa shape index (κ3) is 1.88. The number of aldehydes is 1. The maximum absolute atomic E-state index is 11.1. The molecule has 3 saturated heterocycles. The van der Waals surface area contributed by atoms with Gasteiger partial charge in [-0.15, -0.1) is 0 Å². The van der Waals surface area contributed by atoms with E-state index in [0.29, 0.717) is 0 Å². The second-order valence-corrected chi connectivity index (χ2v) is 5.77. The van der Waals surface area contributed by atoms with E-state index in [0.717, 1.165) is 6.29 Å². The van der Waals surface area contributed by atoms with Crippen LogP contribution in [0, 0.1) is 0 Å². The summed E-state index contributed by atoms with van der Waals surface area (Å²) in [6.07, 6.45) is -1.72. The molecule has 0 aromatic rings. The quantitative estimate of drug-likeness (QED) is 0.641. The molecule has 3 fully saturated rings. The van der Waals surface area contributed by atoms with Crippen LogP contribution < -0.4 is 0 Å². The predicted octanol–water partition coefficient (Wildman–Crippen LogP) is 0.582. The molecule has 0 bridgehead atoms. The van der Waals surface area contributed by atoms with Crippen LogP contribution in [0.15, 0.2) is 0 Å². The van der Waals surface area contributed by atoms with Gasteiger partial charge in [-0.1, -0.05) is 0 Å². The van der Waals surface area contributed by atoms with E-state index in [2.05, 4.69) is 0 Å². The molecule has 0 aromatic carbocycles. The minimum Gasteiger partial charge on any atom is -0.342 e. The van der Waals surface area contributed by atoms with Gasteiger partial charge in [0.05, 0.1) is 0 Å². The van der Waals surface area contributed by atoms with Gasteiger partial charge in [-0.25, -0.2) is 0 Å². The van der Waals surface area contributed by atoms with Gasteiger partial charge in [-0.05, 0) is 27.7 Å². The summed E-state index contributed by atoms with van der Waals surface area (Å²) >= 11 is 0. The van der Waals surface area contributed by atoms with Gasteiger partial charge < -0.3 is 28.5 Å². The zero-order chi connectivity index (χ0) is 13.1. The van der Waals surface area contributed by atoms with Gasteiger partial charge in [0, 0.05) is 0 Å². The van der Waals surface area contributed by atoms with Crippen LogP contribution in [0.3, 0.4) is 0 Å². The normalized spacial score (nSPS) is 48.6. The van der Waals surface area contributed by atoms with Crippen LogP contribution in [0.5, 0.6) is 0 Å². The molecule has 0 spiro atoms. The molecule has 0 N–H and O–H groups in total. The fraction of sp³-hybridized carbons (Fsp3) is 0.917. The molecule has 5 atom stereocenters. The van der Waals surface area contributed by atoms with E-state index >= 15 is 0 Å². The maximum atomic E-state index is 11.1. The first-order valence-electron chi connectivity index (χ1n) is 6.13. The Morgan fingerprint density at radius 2 is 1.39 bits per heavy atom. The van der Waals surface area contributed by atoms with Crippen molar-refractivity contribution in [1.82, 2.24) is 0 Å². The monoisotopic (exact) mass is 258 g/mol. The lowest BCUT2D eigenvalue weighted by atomic mass is 10.00. The van der Waals surface area contributed by atoms with Crippen LogP contribution in [-0.4, -0.2) is 48.6 Å². The largest absolute Gasteiger partial charge is 0.342 e. The Bertz CT molecular complexity index is 366. The first kappa shape index (κ1) is 12.5. The Balaban J connectivity index is 1.89. The summed E-state index contributed by atoms with van der Waals surface area (Å²) in [6.45, 7) is 7.23. The van der Waals surface area contributed by atoms with E-state index < -0.39 is 30.1 Å². The molecule has 0 amide bonds. The zero-order valence-electron chi connectivity index (χ0n) is 10.9. The van der Waals surface area contributed by atoms with Crippen LogP contribution in [0.25, 0.3) is 0 Å². The minimum atomic E-state index is -0.745. The molecule has 3 rings (SSSR count). The Kier molecular flexibility index (Phi) is 2.60. The molecule has 3 aliphatic heterocycles. The summed E-state index contributed by atoms with van der Waals surface area (Å²) in [4.78, 5) is 11.1. The molecule has 3 aliphatic rings. The van der Waals surface area contributed by atoms with E-state index in [9.17, 15) is 4.79 Å². The number of ether oxygens (including phenoxy) is 5. The van der Waals surface area contributed by atoms with Gasteiger partial charge in [0.25, 0.3) is 0 Å². The van der Waals surface area contributed by atoms with Gasteiger partial charge in [0.15, 0.2) is 24.2 Å². The second-order valence-electron chi connectivity index (χ2n) is 5.77. The van der Waals surface area contributed by atoms with Crippen LogP contribution in [0.4, 0.5) is 0 Å². The highest BCUT2D eigenvalue weighted by atomic mass is 16.9. The van der Waals surface area contributed by atoms with E-state index in [1.165, 1.54) is 0 Å². The van der Waals surface area contributed by atoms with E-state index in [4.69, 9.17) is 23.7 Å². The van der Waals surface area contributed by atoms with Crippen LogP contribution >= 0.6 is 0 Å².